The molecule has 0 radical (unpaired) electrons. The van der Waals surface area contributed by atoms with Gasteiger partial charge in [0.25, 0.3) is 0 Å². The lowest BCUT2D eigenvalue weighted by molar-refractivity contribution is -0.119. The maximum absolute atomic E-state index is 11.0. The number of primary amides is 1. The SMILES string of the molecule is CCNC(=NCC(C1CC1)C1CC1)NC1CCN(CC(N)=O)CC1.I. The Labute approximate surface area is 168 Å². The van der Waals surface area contributed by atoms with Gasteiger partial charge in [-0.2, -0.15) is 0 Å². The second kappa shape index (κ2) is 9.94. The van der Waals surface area contributed by atoms with E-state index < -0.39 is 0 Å². The van der Waals surface area contributed by atoms with E-state index in [1.165, 1.54) is 25.7 Å². The zero-order valence-corrected chi connectivity index (χ0v) is 17.7. The Morgan fingerprint density at radius 1 is 1.16 bits per heavy atom. The van der Waals surface area contributed by atoms with Crippen LogP contribution in [0, 0.1) is 17.8 Å². The fraction of sp³-hybridized carbons (Fsp3) is 0.889. The molecule has 4 N–H and O–H groups in total. The minimum Gasteiger partial charge on any atom is -0.369 e. The quantitative estimate of drug-likeness (QED) is 0.290. The molecule has 7 heteroatoms. The molecule has 1 saturated heterocycles. The normalized spacial score (nSPS) is 22.6. The molecule has 1 aliphatic heterocycles. The Bertz CT molecular complexity index is 444. The maximum atomic E-state index is 11.0. The van der Waals surface area contributed by atoms with E-state index in [0.29, 0.717) is 12.6 Å². The molecule has 1 heterocycles. The van der Waals surface area contributed by atoms with Crippen molar-refractivity contribution in [3.8, 4) is 0 Å². The lowest BCUT2D eigenvalue weighted by Gasteiger charge is -2.32. The second-order valence-corrected chi connectivity index (χ2v) is 7.72. The van der Waals surface area contributed by atoms with Gasteiger partial charge in [-0.1, -0.05) is 0 Å². The molecular weight excluding hydrogens is 429 g/mol. The number of piperidine rings is 1. The summed E-state index contributed by atoms with van der Waals surface area (Å²) in [4.78, 5) is 18.1. The van der Waals surface area contributed by atoms with Gasteiger partial charge >= 0.3 is 0 Å². The third-order valence-corrected chi connectivity index (χ3v) is 5.57. The van der Waals surface area contributed by atoms with Gasteiger partial charge in [0.15, 0.2) is 5.96 Å². The average Bonchev–Trinajstić information content (AvgIpc) is 3.43. The number of carbonyl (C=O) groups is 1. The molecule has 3 aliphatic rings. The minimum absolute atomic E-state index is 0. The Morgan fingerprint density at radius 3 is 2.24 bits per heavy atom. The second-order valence-electron chi connectivity index (χ2n) is 7.72. The van der Waals surface area contributed by atoms with Gasteiger partial charge in [0.05, 0.1) is 6.54 Å². The summed E-state index contributed by atoms with van der Waals surface area (Å²) in [5.41, 5.74) is 5.28. The van der Waals surface area contributed by atoms with Crippen molar-refractivity contribution < 1.29 is 4.79 Å². The van der Waals surface area contributed by atoms with E-state index in [1.54, 1.807) is 0 Å². The third kappa shape index (κ3) is 6.92. The fourth-order valence-electron chi connectivity index (χ4n) is 3.90. The van der Waals surface area contributed by atoms with Crippen molar-refractivity contribution in [3.05, 3.63) is 0 Å². The van der Waals surface area contributed by atoms with Crippen molar-refractivity contribution in [1.82, 2.24) is 15.5 Å². The summed E-state index contributed by atoms with van der Waals surface area (Å²) in [6, 6.07) is 0.437. The van der Waals surface area contributed by atoms with E-state index in [4.69, 9.17) is 10.7 Å². The number of nitrogens with zero attached hydrogens (tertiary/aromatic N) is 2. The molecule has 0 bridgehead atoms. The average molecular weight is 463 g/mol. The first-order chi connectivity index (χ1) is 11.7. The Balaban J connectivity index is 0.00000225. The Hall–Kier alpha value is -0.570. The molecule has 25 heavy (non-hydrogen) atoms. The summed E-state index contributed by atoms with van der Waals surface area (Å²) in [7, 11) is 0. The van der Waals surface area contributed by atoms with Crippen LogP contribution in [-0.2, 0) is 4.79 Å². The topological polar surface area (TPSA) is 82.8 Å². The highest BCUT2D eigenvalue weighted by atomic mass is 127. The van der Waals surface area contributed by atoms with Gasteiger partial charge in [-0.05, 0) is 63.2 Å². The number of guanidine groups is 1. The monoisotopic (exact) mass is 463 g/mol. The van der Waals surface area contributed by atoms with Gasteiger partial charge in [0.2, 0.25) is 5.91 Å². The number of halogens is 1. The number of nitrogens with two attached hydrogens (primary N) is 1. The molecular formula is C18H34IN5O. The van der Waals surface area contributed by atoms with Crippen LogP contribution >= 0.6 is 24.0 Å². The Kier molecular flexibility index (Phi) is 8.25. The number of nitrogens with one attached hydrogen (secondary N) is 2. The number of amides is 1. The summed E-state index contributed by atoms with van der Waals surface area (Å²) in [5, 5.41) is 7.00. The first kappa shape index (κ1) is 20.7. The van der Waals surface area contributed by atoms with Crippen LogP contribution in [0.15, 0.2) is 4.99 Å². The lowest BCUT2D eigenvalue weighted by Crippen LogP contribution is -2.50. The third-order valence-electron chi connectivity index (χ3n) is 5.57. The van der Waals surface area contributed by atoms with E-state index in [2.05, 4.69) is 22.5 Å². The number of hydrogen-bond acceptors (Lipinski definition) is 3. The number of rotatable bonds is 8. The van der Waals surface area contributed by atoms with Gasteiger partial charge < -0.3 is 16.4 Å². The van der Waals surface area contributed by atoms with Gasteiger partial charge in [-0.25, -0.2) is 0 Å². The lowest BCUT2D eigenvalue weighted by atomic mass is 9.98. The first-order valence-corrected chi connectivity index (χ1v) is 9.71. The van der Waals surface area contributed by atoms with Crippen molar-refractivity contribution in [2.45, 2.75) is 51.5 Å². The fourth-order valence-corrected chi connectivity index (χ4v) is 3.90. The summed E-state index contributed by atoms with van der Waals surface area (Å²) in [6.07, 6.45) is 7.73. The van der Waals surface area contributed by atoms with E-state index in [1.807, 2.05) is 0 Å². The molecule has 6 nitrogen and oxygen atoms in total. The van der Waals surface area contributed by atoms with Crippen molar-refractivity contribution in [1.29, 1.82) is 0 Å². The molecule has 2 aliphatic carbocycles. The van der Waals surface area contributed by atoms with Gasteiger partial charge in [-0.3, -0.25) is 14.7 Å². The summed E-state index contributed by atoms with van der Waals surface area (Å²) < 4.78 is 0. The van der Waals surface area contributed by atoms with Crippen molar-refractivity contribution in [2.75, 3.05) is 32.7 Å². The molecule has 0 aromatic rings. The van der Waals surface area contributed by atoms with Crippen molar-refractivity contribution in [2.24, 2.45) is 28.5 Å². The van der Waals surface area contributed by atoms with E-state index in [0.717, 1.165) is 62.7 Å². The summed E-state index contributed by atoms with van der Waals surface area (Å²) in [6.45, 7) is 6.21. The van der Waals surface area contributed by atoms with Crippen LogP contribution in [0.5, 0.6) is 0 Å². The molecule has 2 saturated carbocycles. The largest absolute Gasteiger partial charge is 0.369 e. The van der Waals surface area contributed by atoms with E-state index in [9.17, 15) is 4.79 Å². The van der Waals surface area contributed by atoms with Crippen LogP contribution in [-0.4, -0.2) is 55.5 Å². The first-order valence-electron chi connectivity index (χ1n) is 9.71. The number of hydrogen-bond donors (Lipinski definition) is 3. The van der Waals surface area contributed by atoms with Crippen LogP contribution in [0.4, 0.5) is 0 Å². The highest BCUT2D eigenvalue weighted by Crippen LogP contribution is 2.49. The predicted molar refractivity (Wildman–Crippen MR) is 112 cm³/mol. The van der Waals surface area contributed by atoms with Crippen LogP contribution < -0.4 is 16.4 Å². The smallest absolute Gasteiger partial charge is 0.231 e. The highest BCUT2D eigenvalue weighted by molar-refractivity contribution is 14.0. The molecule has 0 unspecified atom stereocenters. The number of carbonyl (C=O) groups excluding carboxylic acids is 1. The van der Waals surface area contributed by atoms with Gasteiger partial charge in [0.1, 0.15) is 0 Å². The standard InChI is InChI=1S/C18H33N5O.HI/c1-2-20-18(21-11-16(13-3-4-13)14-5-6-14)22-15-7-9-23(10-8-15)12-17(19)24;/h13-16H,2-12H2,1H3,(H2,19,24)(H2,20,21,22);1H. The van der Waals surface area contributed by atoms with Crippen LogP contribution in [0.1, 0.15) is 45.4 Å². The van der Waals surface area contributed by atoms with E-state index >= 15 is 0 Å². The number of likely N-dealkylation sites (tertiary alicyclic amines) is 1. The predicted octanol–water partition coefficient (Wildman–Crippen LogP) is 1.55. The van der Waals surface area contributed by atoms with Crippen molar-refractivity contribution in [3.63, 3.8) is 0 Å². The van der Waals surface area contributed by atoms with Gasteiger partial charge in [-0.15, -0.1) is 24.0 Å². The zero-order chi connectivity index (χ0) is 16.9. The van der Waals surface area contributed by atoms with E-state index in [-0.39, 0.29) is 29.9 Å². The maximum Gasteiger partial charge on any atom is 0.231 e. The molecule has 0 aromatic heterocycles. The molecule has 0 atom stereocenters. The van der Waals surface area contributed by atoms with Gasteiger partial charge in [0, 0.05) is 32.2 Å². The molecule has 144 valence electrons. The Morgan fingerprint density at radius 2 is 1.76 bits per heavy atom. The number of aliphatic imine (C=N–C) groups is 1. The van der Waals surface area contributed by atoms with Crippen LogP contribution in [0.2, 0.25) is 0 Å². The molecule has 0 aromatic carbocycles. The molecule has 1 amide bonds. The molecule has 0 spiro atoms. The van der Waals surface area contributed by atoms with Crippen LogP contribution in [0.25, 0.3) is 0 Å². The van der Waals surface area contributed by atoms with Crippen molar-refractivity contribution >= 4 is 35.8 Å². The summed E-state index contributed by atoms with van der Waals surface area (Å²) >= 11 is 0. The molecule has 3 fully saturated rings. The molecule has 3 rings (SSSR count). The zero-order valence-electron chi connectivity index (χ0n) is 15.4. The van der Waals surface area contributed by atoms with Crippen LogP contribution in [0.3, 0.4) is 0 Å². The minimum atomic E-state index is -0.234. The summed E-state index contributed by atoms with van der Waals surface area (Å²) in [5.74, 6) is 3.44. The highest BCUT2D eigenvalue weighted by Gasteiger charge is 2.41.